The lowest BCUT2D eigenvalue weighted by Crippen LogP contribution is -2.42. The molecule has 2 N–H and O–H groups in total. The molecule has 0 aliphatic carbocycles. The van der Waals surface area contributed by atoms with Crippen LogP contribution in [0, 0.1) is 0 Å². The van der Waals surface area contributed by atoms with Gasteiger partial charge in [0.1, 0.15) is 12.7 Å². The molecule has 1 unspecified atom stereocenters. The Morgan fingerprint density at radius 1 is 1.29 bits per heavy atom. The second-order valence-corrected chi connectivity index (χ2v) is 6.01. The lowest BCUT2D eigenvalue weighted by atomic mass is 10.1. The Morgan fingerprint density at radius 2 is 2.00 bits per heavy atom. The molecule has 118 valence electrons. The van der Waals surface area contributed by atoms with Crippen LogP contribution >= 0.6 is 0 Å². The molecular weight excluding hydrogens is 266 g/mol. The maximum Gasteiger partial charge on any atom is 0.161 e. The number of aliphatic hydroxyl groups is 1. The summed E-state index contributed by atoms with van der Waals surface area (Å²) in [7, 11) is 1.61. The highest BCUT2D eigenvalue weighted by molar-refractivity contribution is 5.55. The van der Waals surface area contributed by atoms with E-state index in [0.717, 1.165) is 5.56 Å². The van der Waals surface area contributed by atoms with E-state index in [9.17, 15) is 5.11 Å². The van der Waals surface area contributed by atoms with Gasteiger partial charge in [0.05, 0.1) is 7.11 Å². The predicted molar refractivity (Wildman–Crippen MR) is 87.0 cm³/mol. The molecule has 21 heavy (non-hydrogen) atoms. The van der Waals surface area contributed by atoms with Crippen LogP contribution in [-0.2, 0) is 0 Å². The Morgan fingerprint density at radius 3 is 2.57 bits per heavy atom. The lowest BCUT2D eigenvalue weighted by molar-refractivity contribution is 0.0985. The van der Waals surface area contributed by atoms with Crippen LogP contribution in [0.2, 0.25) is 0 Å². The average molecular weight is 293 g/mol. The van der Waals surface area contributed by atoms with E-state index in [2.05, 4.69) is 26.1 Å². The van der Waals surface area contributed by atoms with E-state index in [4.69, 9.17) is 9.47 Å². The van der Waals surface area contributed by atoms with Gasteiger partial charge in [0, 0.05) is 12.1 Å². The summed E-state index contributed by atoms with van der Waals surface area (Å²) in [6, 6.07) is 5.73. The molecule has 0 aliphatic rings. The van der Waals surface area contributed by atoms with Crippen molar-refractivity contribution in [1.82, 2.24) is 5.32 Å². The molecule has 0 fully saturated rings. The monoisotopic (exact) mass is 293 g/mol. The SMILES string of the molecule is CC=Cc1ccc(OCC(O)CNC(C)(C)C)c(OC)c1. The highest BCUT2D eigenvalue weighted by Gasteiger charge is 2.13. The molecule has 1 rings (SSSR count). The Bertz CT molecular complexity index is 464. The molecule has 1 atom stereocenters. The zero-order valence-corrected chi connectivity index (χ0v) is 13.6. The van der Waals surface area contributed by atoms with E-state index in [-0.39, 0.29) is 12.1 Å². The molecule has 0 radical (unpaired) electrons. The van der Waals surface area contributed by atoms with E-state index in [1.807, 2.05) is 37.3 Å². The third-order valence-corrected chi connectivity index (χ3v) is 2.85. The molecule has 1 aromatic carbocycles. The fourth-order valence-corrected chi connectivity index (χ4v) is 1.77. The van der Waals surface area contributed by atoms with Gasteiger partial charge < -0.3 is 19.9 Å². The second-order valence-electron chi connectivity index (χ2n) is 6.01. The van der Waals surface area contributed by atoms with Crippen molar-refractivity contribution in [3.63, 3.8) is 0 Å². The smallest absolute Gasteiger partial charge is 0.161 e. The molecule has 0 heterocycles. The molecule has 0 bridgehead atoms. The largest absolute Gasteiger partial charge is 0.493 e. The minimum atomic E-state index is -0.566. The molecule has 0 spiro atoms. The van der Waals surface area contributed by atoms with Crippen molar-refractivity contribution in [2.45, 2.75) is 39.3 Å². The Kier molecular flexibility index (Phi) is 6.72. The van der Waals surface area contributed by atoms with Gasteiger partial charge in [-0.15, -0.1) is 0 Å². The third kappa shape index (κ3) is 6.65. The first-order chi connectivity index (χ1) is 9.85. The Hall–Kier alpha value is -1.52. The zero-order valence-electron chi connectivity index (χ0n) is 13.6. The minimum absolute atomic E-state index is 0.0210. The van der Waals surface area contributed by atoms with Crippen LogP contribution in [0.4, 0.5) is 0 Å². The number of ether oxygens (including phenoxy) is 2. The Balaban J connectivity index is 2.58. The van der Waals surface area contributed by atoms with Crippen molar-refractivity contribution >= 4 is 6.08 Å². The molecule has 0 saturated heterocycles. The van der Waals surface area contributed by atoms with Crippen molar-refractivity contribution in [3.05, 3.63) is 29.8 Å². The summed E-state index contributed by atoms with van der Waals surface area (Å²) in [4.78, 5) is 0. The number of nitrogens with one attached hydrogen (secondary N) is 1. The van der Waals surface area contributed by atoms with Crippen molar-refractivity contribution < 1.29 is 14.6 Å². The molecule has 0 saturated carbocycles. The van der Waals surface area contributed by atoms with Crippen LogP contribution in [0.1, 0.15) is 33.3 Å². The molecule has 1 aromatic rings. The number of methoxy groups -OCH3 is 1. The quantitative estimate of drug-likeness (QED) is 0.811. The van der Waals surface area contributed by atoms with Gasteiger partial charge >= 0.3 is 0 Å². The van der Waals surface area contributed by atoms with E-state index < -0.39 is 6.10 Å². The molecular formula is C17H27NO3. The van der Waals surface area contributed by atoms with Gasteiger partial charge in [-0.25, -0.2) is 0 Å². The number of aliphatic hydroxyl groups excluding tert-OH is 1. The van der Waals surface area contributed by atoms with E-state index >= 15 is 0 Å². The summed E-state index contributed by atoms with van der Waals surface area (Å²) in [6.07, 6.45) is 3.40. The van der Waals surface area contributed by atoms with Gasteiger partial charge in [0.15, 0.2) is 11.5 Å². The molecule has 0 amide bonds. The van der Waals surface area contributed by atoms with E-state index in [0.29, 0.717) is 18.0 Å². The summed E-state index contributed by atoms with van der Waals surface area (Å²) in [6.45, 7) is 8.86. The summed E-state index contributed by atoms with van der Waals surface area (Å²) in [5.41, 5.74) is 1.03. The van der Waals surface area contributed by atoms with Crippen LogP contribution in [0.3, 0.4) is 0 Å². The number of allylic oxidation sites excluding steroid dienone is 1. The molecule has 0 aliphatic heterocycles. The highest BCUT2D eigenvalue weighted by Crippen LogP contribution is 2.28. The van der Waals surface area contributed by atoms with Crippen molar-refractivity contribution in [2.75, 3.05) is 20.3 Å². The van der Waals surface area contributed by atoms with Crippen LogP contribution in [-0.4, -0.2) is 37.0 Å². The minimum Gasteiger partial charge on any atom is -0.493 e. The van der Waals surface area contributed by atoms with E-state index in [1.165, 1.54) is 0 Å². The number of rotatable bonds is 7. The number of benzene rings is 1. The van der Waals surface area contributed by atoms with Gasteiger partial charge in [0.25, 0.3) is 0 Å². The first kappa shape index (κ1) is 17.5. The van der Waals surface area contributed by atoms with Crippen LogP contribution < -0.4 is 14.8 Å². The van der Waals surface area contributed by atoms with Gasteiger partial charge in [0.2, 0.25) is 0 Å². The van der Waals surface area contributed by atoms with Crippen molar-refractivity contribution in [1.29, 1.82) is 0 Å². The maximum atomic E-state index is 9.94. The topological polar surface area (TPSA) is 50.7 Å². The van der Waals surface area contributed by atoms with Gasteiger partial charge in [-0.2, -0.15) is 0 Å². The lowest BCUT2D eigenvalue weighted by Gasteiger charge is -2.23. The fourth-order valence-electron chi connectivity index (χ4n) is 1.77. The molecule has 4 nitrogen and oxygen atoms in total. The van der Waals surface area contributed by atoms with Crippen molar-refractivity contribution in [3.8, 4) is 11.5 Å². The summed E-state index contributed by atoms with van der Waals surface area (Å²) in [5.74, 6) is 1.31. The number of hydrogen-bond donors (Lipinski definition) is 2. The van der Waals surface area contributed by atoms with Crippen LogP contribution in [0.15, 0.2) is 24.3 Å². The molecule has 4 heteroatoms. The van der Waals surface area contributed by atoms with Crippen molar-refractivity contribution in [2.24, 2.45) is 0 Å². The first-order valence-corrected chi connectivity index (χ1v) is 7.22. The average Bonchev–Trinajstić information content (AvgIpc) is 2.43. The van der Waals surface area contributed by atoms with E-state index in [1.54, 1.807) is 7.11 Å². The summed E-state index contributed by atoms with van der Waals surface area (Å²) < 4.78 is 11.0. The normalized spacial score (nSPS) is 13.4. The Labute approximate surface area is 127 Å². The first-order valence-electron chi connectivity index (χ1n) is 7.22. The second kappa shape index (κ2) is 8.05. The fraction of sp³-hybridized carbons (Fsp3) is 0.529. The van der Waals surface area contributed by atoms with Gasteiger partial charge in [-0.3, -0.25) is 0 Å². The maximum absolute atomic E-state index is 9.94. The van der Waals surface area contributed by atoms with Gasteiger partial charge in [-0.1, -0.05) is 18.2 Å². The summed E-state index contributed by atoms with van der Waals surface area (Å²) in [5, 5.41) is 13.2. The highest BCUT2D eigenvalue weighted by atomic mass is 16.5. The van der Waals surface area contributed by atoms with Crippen LogP contribution in [0.5, 0.6) is 11.5 Å². The number of β-amino-alcohol motifs (C(OH)–C–C–N with tert-alkyl or cyclic N) is 1. The van der Waals surface area contributed by atoms with Gasteiger partial charge in [-0.05, 0) is 45.4 Å². The molecule has 0 aromatic heterocycles. The van der Waals surface area contributed by atoms with Crippen LogP contribution in [0.25, 0.3) is 6.08 Å². The standard InChI is InChI=1S/C17H27NO3/c1-6-7-13-8-9-15(16(10-13)20-5)21-12-14(19)11-18-17(2,3)4/h6-10,14,18-19H,11-12H2,1-5H3. The number of hydrogen-bond acceptors (Lipinski definition) is 4. The zero-order chi connectivity index (χ0) is 15.9. The summed E-state index contributed by atoms with van der Waals surface area (Å²) >= 11 is 0. The predicted octanol–water partition coefficient (Wildman–Crippen LogP) is 2.86. The third-order valence-electron chi connectivity index (χ3n) is 2.85.